The Morgan fingerprint density at radius 2 is 1.69 bits per heavy atom. The van der Waals surface area contributed by atoms with Gasteiger partial charge in [0.25, 0.3) is 0 Å². The van der Waals surface area contributed by atoms with Gasteiger partial charge in [-0.15, -0.1) is 5.10 Å². The van der Waals surface area contributed by atoms with Crippen LogP contribution < -0.4 is 4.74 Å². The molecule has 0 radical (unpaired) electrons. The number of ether oxygens (including phenoxy) is 1. The average Bonchev–Trinajstić information content (AvgIpc) is 3.40. The van der Waals surface area contributed by atoms with Gasteiger partial charge in [-0.3, -0.25) is 4.40 Å². The molecule has 0 N–H and O–H groups in total. The third kappa shape index (κ3) is 3.23. The maximum atomic E-state index is 5.28. The van der Waals surface area contributed by atoms with Gasteiger partial charge < -0.3 is 4.74 Å². The number of pyridine rings is 1. The molecule has 0 saturated carbocycles. The van der Waals surface area contributed by atoms with Crippen LogP contribution in [0.3, 0.4) is 0 Å². The highest BCUT2D eigenvalue weighted by Crippen LogP contribution is 2.36. The Hall–Kier alpha value is -3.65. The second-order valence-electron chi connectivity index (χ2n) is 6.23. The van der Waals surface area contributed by atoms with Gasteiger partial charge in [0.1, 0.15) is 22.1 Å². The molecule has 0 aliphatic rings. The number of para-hydroxylation sites is 1. The standard InChI is InChI=1S/C21H16N6OS/c1-28-17-12-10-15(11-13-17)19-20(26-14-6-5-9-18(26)22-19)29-21-23-24-25-27(21)16-7-3-2-4-8-16/h2-14H,1H3. The van der Waals surface area contributed by atoms with Crippen LogP contribution in [0.15, 0.2) is 89.2 Å². The highest BCUT2D eigenvalue weighted by molar-refractivity contribution is 7.99. The van der Waals surface area contributed by atoms with Crippen LogP contribution in [0, 0.1) is 0 Å². The van der Waals surface area contributed by atoms with Gasteiger partial charge in [0.05, 0.1) is 12.8 Å². The summed E-state index contributed by atoms with van der Waals surface area (Å²) in [6.07, 6.45) is 1.99. The van der Waals surface area contributed by atoms with E-state index in [1.54, 1.807) is 11.8 Å². The summed E-state index contributed by atoms with van der Waals surface area (Å²) in [5.74, 6) is 0.805. The molecule has 0 aliphatic carbocycles. The number of rotatable bonds is 5. The lowest BCUT2D eigenvalue weighted by Gasteiger charge is -2.07. The van der Waals surface area contributed by atoms with E-state index in [0.717, 1.165) is 33.4 Å². The van der Waals surface area contributed by atoms with Crippen molar-refractivity contribution in [3.05, 3.63) is 79.0 Å². The molecule has 0 spiro atoms. The Kier molecular flexibility index (Phi) is 4.45. The predicted molar refractivity (Wildman–Crippen MR) is 110 cm³/mol. The molecule has 3 heterocycles. The van der Waals surface area contributed by atoms with Crippen LogP contribution in [-0.2, 0) is 0 Å². The summed E-state index contributed by atoms with van der Waals surface area (Å²) in [5.41, 5.74) is 3.63. The number of tetrazole rings is 1. The average molecular weight is 400 g/mol. The van der Waals surface area contributed by atoms with Crippen molar-refractivity contribution >= 4 is 17.4 Å². The quantitative estimate of drug-likeness (QED) is 0.442. The molecule has 0 saturated heterocycles. The van der Waals surface area contributed by atoms with E-state index in [1.165, 1.54) is 11.8 Å². The van der Waals surface area contributed by atoms with Crippen molar-refractivity contribution < 1.29 is 4.74 Å². The largest absolute Gasteiger partial charge is 0.497 e. The minimum absolute atomic E-state index is 0.664. The lowest BCUT2D eigenvalue weighted by atomic mass is 10.1. The van der Waals surface area contributed by atoms with Gasteiger partial charge in [-0.2, -0.15) is 4.68 Å². The highest BCUT2D eigenvalue weighted by Gasteiger charge is 2.19. The van der Waals surface area contributed by atoms with E-state index < -0.39 is 0 Å². The molecule has 0 aliphatic heterocycles. The predicted octanol–water partition coefficient (Wildman–Crippen LogP) is 4.14. The van der Waals surface area contributed by atoms with Gasteiger partial charge in [-0.25, -0.2) is 4.98 Å². The van der Waals surface area contributed by atoms with Crippen molar-refractivity contribution in [1.29, 1.82) is 0 Å². The normalized spacial score (nSPS) is 11.1. The van der Waals surface area contributed by atoms with Gasteiger partial charge in [0.15, 0.2) is 0 Å². The first kappa shape index (κ1) is 17.4. The molecule has 142 valence electrons. The minimum atomic E-state index is 0.664. The maximum absolute atomic E-state index is 5.28. The molecule has 0 fully saturated rings. The Labute approximate surface area is 171 Å². The van der Waals surface area contributed by atoms with E-state index >= 15 is 0 Å². The van der Waals surface area contributed by atoms with E-state index in [1.807, 2.05) is 83.4 Å². The first-order valence-corrected chi connectivity index (χ1v) is 9.78. The third-order valence-corrected chi connectivity index (χ3v) is 5.50. The Morgan fingerprint density at radius 1 is 0.897 bits per heavy atom. The fourth-order valence-corrected chi connectivity index (χ4v) is 4.06. The number of methoxy groups -OCH3 is 1. The van der Waals surface area contributed by atoms with Crippen LogP contribution in [0.4, 0.5) is 0 Å². The first-order valence-electron chi connectivity index (χ1n) is 8.96. The third-order valence-electron chi connectivity index (χ3n) is 4.48. The maximum Gasteiger partial charge on any atom is 0.220 e. The van der Waals surface area contributed by atoms with Crippen molar-refractivity contribution in [2.45, 2.75) is 10.2 Å². The van der Waals surface area contributed by atoms with Crippen molar-refractivity contribution in [1.82, 2.24) is 29.6 Å². The summed E-state index contributed by atoms with van der Waals surface area (Å²) in [6, 6.07) is 23.6. The number of hydrogen-bond acceptors (Lipinski definition) is 6. The van der Waals surface area contributed by atoms with E-state index in [0.29, 0.717) is 5.16 Å². The van der Waals surface area contributed by atoms with E-state index in [4.69, 9.17) is 9.72 Å². The molecule has 7 nitrogen and oxygen atoms in total. The second-order valence-corrected chi connectivity index (χ2v) is 7.19. The first-order chi connectivity index (χ1) is 14.3. The molecule has 0 atom stereocenters. The number of fused-ring (bicyclic) bond motifs is 1. The summed E-state index contributed by atoms with van der Waals surface area (Å²) in [4.78, 5) is 4.84. The Balaban J connectivity index is 1.63. The number of aromatic nitrogens is 6. The number of benzene rings is 2. The zero-order chi connectivity index (χ0) is 19.6. The molecular weight excluding hydrogens is 384 g/mol. The molecule has 5 rings (SSSR count). The number of nitrogens with zero attached hydrogens (tertiary/aromatic N) is 6. The van der Waals surface area contributed by atoms with Crippen molar-refractivity contribution in [3.63, 3.8) is 0 Å². The smallest absolute Gasteiger partial charge is 0.220 e. The molecule has 8 heteroatoms. The van der Waals surface area contributed by atoms with E-state index in [2.05, 4.69) is 15.5 Å². The molecule has 29 heavy (non-hydrogen) atoms. The summed E-state index contributed by atoms with van der Waals surface area (Å²) >= 11 is 1.48. The topological polar surface area (TPSA) is 70.1 Å². The van der Waals surface area contributed by atoms with Crippen LogP contribution in [-0.4, -0.2) is 36.7 Å². The van der Waals surface area contributed by atoms with Crippen LogP contribution >= 0.6 is 11.8 Å². The second kappa shape index (κ2) is 7.40. The summed E-state index contributed by atoms with van der Waals surface area (Å²) in [5, 5.41) is 13.9. The Morgan fingerprint density at radius 3 is 2.48 bits per heavy atom. The van der Waals surface area contributed by atoms with Crippen LogP contribution in [0.2, 0.25) is 0 Å². The van der Waals surface area contributed by atoms with Crippen molar-refractivity contribution in [2.24, 2.45) is 0 Å². The molecule has 3 aromatic heterocycles. The van der Waals surface area contributed by atoms with Gasteiger partial charge in [0.2, 0.25) is 5.16 Å². The zero-order valence-electron chi connectivity index (χ0n) is 15.5. The molecular formula is C21H16N6OS. The van der Waals surface area contributed by atoms with Gasteiger partial charge in [-0.05, 0) is 70.7 Å². The van der Waals surface area contributed by atoms with Crippen molar-refractivity contribution in [2.75, 3.05) is 7.11 Å². The number of hydrogen-bond donors (Lipinski definition) is 0. The molecule has 0 bridgehead atoms. The monoisotopic (exact) mass is 400 g/mol. The summed E-state index contributed by atoms with van der Waals surface area (Å²) in [7, 11) is 1.66. The SMILES string of the molecule is COc1ccc(-c2nc3ccccn3c2Sc2nnnn2-c2ccccc2)cc1. The minimum Gasteiger partial charge on any atom is -0.497 e. The fourth-order valence-electron chi connectivity index (χ4n) is 3.07. The van der Waals surface area contributed by atoms with Crippen LogP contribution in [0.1, 0.15) is 0 Å². The highest BCUT2D eigenvalue weighted by atomic mass is 32.2. The lowest BCUT2D eigenvalue weighted by molar-refractivity contribution is 0.415. The van der Waals surface area contributed by atoms with Gasteiger partial charge in [0, 0.05) is 11.8 Å². The summed E-state index contributed by atoms with van der Waals surface area (Å²) < 4.78 is 9.06. The van der Waals surface area contributed by atoms with Gasteiger partial charge in [-0.1, -0.05) is 24.3 Å². The molecule has 0 unspecified atom stereocenters. The van der Waals surface area contributed by atoms with E-state index in [-0.39, 0.29) is 0 Å². The number of imidazole rings is 1. The zero-order valence-corrected chi connectivity index (χ0v) is 16.3. The molecule has 0 amide bonds. The fraction of sp³-hybridized carbons (Fsp3) is 0.0476. The molecule has 5 aromatic rings. The van der Waals surface area contributed by atoms with E-state index in [9.17, 15) is 0 Å². The van der Waals surface area contributed by atoms with Gasteiger partial charge >= 0.3 is 0 Å². The van der Waals surface area contributed by atoms with Crippen molar-refractivity contribution in [3.8, 4) is 22.7 Å². The lowest BCUT2D eigenvalue weighted by Crippen LogP contribution is -1.99. The Bertz CT molecular complexity index is 1260. The van der Waals surface area contributed by atoms with Crippen LogP contribution in [0.5, 0.6) is 5.75 Å². The molecule has 2 aromatic carbocycles. The summed E-state index contributed by atoms with van der Waals surface area (Å²) in [6.45, 7) is 0. The van der Waals surface area contributed by atoms with Crippen LogP contribution in [0.25, 0.3) is 22.6 Å².